The van der Waals surface area contributed by atoms with Crippen LogP contribution in [0.1, 0.15) is 73.6 Å². The molecule has 4 fully saturated rings. The first-order chi connectivity index (χ1) is 12.9. The zero-order valence-corrected chi connectivity index (χ0v) is 18.4. The summed E-state index contributed by atoms with van der Waals surface area (Å²) in [6, 6.07) is -0.424. The molecule has 1 amide bonds. The zero-order chi connectivity index (χ0) is 20.5. The molecular weight excluding hydrogens is 356 g/mol. The molecule has 160 valence electrons. The van der Waals surface area contributed by atoms with Gasteiger partial charge in [-0.2, -0.15) is 0 Å². The molecule has 0 aromatic heterocycles. The molecule has 0 aromatic rings. The summed E-state index contributed by atoms with van der Waals surface area (Å²) < 4.78 is 11.5. The minimum absolute atomic E-state index is 0.0517. The van der Waals surface area contributed by atoms with Gasteiger partial charge in [0.05, 0.1) is 24.3 Å². The van der Waals surface area contributed by atoms with Crippen LogP contribution in [0.5, 0.6) is 0 Å². The Labute approximate surface area is 169 Å². The van der Waals surface area contributed by atoms with Crippen molar-refractivity contribution in [3.63, 3.8) is 0 Å². The first-order valence-corrected chi connectivity index (χ1v) is 10.9. The van der Waals surface area contributed by atoms with E-state index in [2.05, 4.69) is 26.1 Å². The van der Waals surface area contributed by atoms with E-state index in [0.29, 0.717) is 5.41 Å². The lowest BCUT2D eigenvalue weighted by Crippen LogP contribution is -2.56. The van der Waals surface area contributed by atoms with E-state index in [1.807, 2.05) is 25.7 Å². The van der Waals surface area contributed by atoms with E-state index in [-0.39, 0.29) is 53.5 Å². The van der Waals surface area contributed by atoms with Crippen molar-refractivity contribution >= 4 is 5.91 Å². The Morgan fingerprint density at radius 3 is 2.39 bits per heavy atom. The van der Waals surface area contributed by atoms with Crippen molar-refractivity contribution < 1.29 is 19.4 Å². The number of nitrogens with zero attached hydrogens (tertiary/aromatic N) is 1. The van der Waals surface area contributed by atoms with Crippen LogP contribution in [0.3, 0.4) is 0 Å². The van der Waals surface area contributed by atoms with Crippen LogP contribution >= 0.6 is 0 Å². The highest BCUT2D eigenvalue weighted by Gasteiger charge is 2.72. The lowest BCUT2D eigenvalue weighted by Gasteiger charge is -2.35. The highest BCUT2D eigenvalue weighted by Crippen LogP contribution is 2.77. The van der Waals surface area contributed by atoms with Crippen molar-refractivity contribution in [3.8, 4) is 0 Å². The first kappa shape index (κ1) is 20.6. The van der Waals surface area contributed by atoms with Crippen LogP contribution in [-0.2, 0) is 14.3 Å². The fourth-order valence-corrected chi connectivity index (χ4v) is 5.61. The second-order valence-corrected chi connectivity index (χ2v) is 11.7. The molecular formula is C22H38N2O4. The van der Waals surface area contributed by atoms with Crippen molar-refractivity contribution in [3.05, 3.63) is 0 Å². The molecule has 2 heterocycles. The van der Waals surface area contributed by atoms with Crippen molar-refractivity contribution in [2.24, 2.45) is 16.2 Å². The van der Waals surface area contributed by atoms with Gasteiger partial charge in [-0.25, -0.2) is 0 Å². The molecule has 2 saturated carbocycles. The smallest absolute Gasteiger partial charge is 0.240 e. The summed E-state index contributed by atoms with van der Waals surface area (Å²) in [6.07, 6.45) is 5.56. The molecule has 2 aliphatic carbocycles. The van der Waals surface area contributed by atoms with E-state index in [0.717, 1.165) is 13.0 Å². The van der Waals surface area contributed by atoms with E-state index in [1.165, 1.54) is 25.7 Å². The maximum absolute atomic E-state index is 13.6. The van der Waals surface area contributed by atoms with Gasteiger partial charge in [-0.15, -0.1) is 0 Å². The third kappa shape index (κ3) is 3.51. The number of epoxide rings is 1. The number of ether oxygens (including phenoxy) is 2. The van der Waals surface area contributed by atoms with Gasteiger partial charge >= 0.3 is 0 Å². The van der Waals surface area contributed by atoms with Gasteiger partial charge in [-0.3, -0.25) is 10.1 Å². The Kier molecular flexibility index (Phi) is 4.70. The standard InChI is InChI=1S/C22H38N2O4/c1-19(2,3)15(23-16-18(27-16)28-20(4,5)6)17(26)24-13-22(10-14(24)11-25)12-21(22)8-7-9-21/h14-16,18,23,25H,7-13H2,1-6H3/t14-,15+,16?,18?,22-/m0/s1. The molecule has 2 aliphatic heterocycles. The number of hydrogen-bond acceptors (Lipinski definition) is 5. The van der Waals surface area contributed by atoms with E-state index in [4.69, 9.17) is 9.47 Å². The molecule has 6 heteroatoms. The van der Waals surface area contributed by atoms with Crippen LogP contribution in [-0.4, -0.2) is 59.3 Å². The Balaban J connectivity index is 1.44. The Morgan fingerprint density at radius 1 is 1.25 bits per heavy atom. The second kappa shape index (κ2) is 6.40. The SMILES string of the molecule is CC(C)(C)OC1OC1N[C@H](C(=O)N1C[C@]2(C[C@H]1CO)CC21CCC1)C(C)(C)C. The molecule has 0 aromatic carbocycles. The molecule has 6 nitrogen and oxygen atoms in total. The summed E-state index contributed by atoms with van der Waals surface area (Å²) in [5.74, 6) is 0.0924. The number of fused-ring (bicyclic) bond motifs is 1. The molecule has 2 unspecified atom stereocenters. The van der Waals surface area contributed by atoms with Crippen LogP contribution < -0.4 is 5.32 Å². The van der Waals surface area contributed by atoms with Gasteiger partial charge in [-0.1, -0.05) is 27.2 Å². The molecule has 4 rings (SSSR count). The summed E-state index contributed by atoms with van der Waals surface area (Å²) in [6.45, 7) is 13.1. The van der Waals surface area contributed by atoms with Gasteiger partial charge in [0, 0.05) is 6.54 Å². The second-order valence-electron chi connectivity index (χ2n) is 11.7. The minimum atomic E-state index is -0.369. The van der Waals surface area contributed by atoms with E-state index in [1.54, 1.807) is 0 Å². The van der Waals surface area contributed by atoms with Gasteiger partial charge in [0.2, 0.25) is 5.91 Å². The van der Waals surface area contributed by atoms with Crippen LogP contribution in [0, 0.1) is 16.2 Å². The van der Waals surface area contributed by atoms with E-state index >= 15 is 0 Å². The average Bonchev–Trinajstić information content (AvgIpc) is 3.35. The fraction of sp³-hybridized carbons (Fsp3) is 0.955. The molecule has 28 heavy (non-hydrogen) atoms. The van der Waals surface area contributed by atoms with Crippen molar-refractivity contribution in [2.75, 3.05) is 13.2 Å². The molecule has 0 radical (unpaired) electrons. The number of nitrogens with one attached hydrogen (secondary N) is 1. The summed E-state index contributed by atoms with van der Waals surface area (Å²) in [5.41, 5.74) is 0.202. The van der Waals surface area contributed by atoms with Gasteiger partial charge in [-0.05, 0) is 62.7 Å². The summed E-state index contributed by atoms with van der Waals surface area (Å²) in [5, 5.41) is 13.4. The number of carbonyl (C=O) groups is 1. The predicted octanol–water partition coefficient (Wildman–Crippen LogP) is 2.64. The molecule has 4 aliphatic rings. The maximum atomic E-state index is 13.6. The lowest BCUT2D eigenvalue weighted by molar-refractivity contribution is -0.138. The third-order valence-electron chi connectivity index (χ3n) is 7.39. The Bertz CT molecular complexity index is 633. The number of aliphatic hydroxyl groups excluding tert-OH is 1. The average molecular weight is 395 g/mol. The Morgan fingerprint density at radius 2 is 1.93 bits per heavy atom. The highest BCUT2D eigenvalue weighted by molar-refractivity contribution is 5.83. The van der Waals surface area contributed by atoms with Gasteiger partial charge in [0.1, 0.15) is 0 Å². The maximum Gasteiger partial charge on any atom is 0.240 e. The molecule has 2 spiro atoms. The van der Waals surface area contributed by atoms with Crippen LogP contribution in [0.4, 0.5) is 0 Å². The number of aliphatic hydroxyl groups is 1. The van der Waals surface area contributed by atoms with Crippen LogP contribution in [0.2, 0.25) is 0 Å². The van der Waals surface area contributed by atoms with Crippen molar-refractivity contribution in [1.82, 2.24) is 10.2 Å². The van der Waals surface area contributed by atoms with Crippen LogP contribution in [0.15, 0.2) is 0 Å². The molecule has 5 atom stereocenters. The normalized spacial score (nSPS) is 37.2. The third-order valence-corrected chi connectivity index (χ3v) is 7.39. The number of carbonyl (C=O) groups excluding carboxylic acids is 1. The number of amides is 1. The molecule has 0 bridgehead atoms. The molecule has 2 N–H and O–H groups in total. The quantitative estimate of drug-likeness (QED) is 0.701. The summed E-state index contributed by atoms with van der Waals surface area (Å²) in [4.78, 5) is 15.6. The van der Waals surface area contributed by atoms with Gasteiger partial charge in [0.25, 0.3) is 0 Å². The monoisotopic (exact) mass is 394 g/mol. The van der Waals surface area contributed by atoms with Crippen molar-refractivity contribution in [1.29, 1.82) is 0 Å². The fourth-order valence-electron chi connectivity index (χ4n) is 5.61. The van der Waals surface area contributed by atoms with Crippen LogP contribution in [0.25, 0.3) is 0 Å². The van der Waals surface area contributed by atoms with Gasteiger partial charge in [0.15, 0.2) is 12.5 Å². The number of likely N-dealkylation sites (tertiary alicyclic amines) is 1. The van der Waals surface area contributed by atoms with Crippen molar-refractivity contribution in [2.45, 2.75) is 104 Å². The number of rotatable bonds is 5. The summed E-state index contributed by atoms with van der Waals surface area (Å²) >= 11 is 0. The minimum Gasteiger partial charge on any atom is -0.394 e. The Hall–Kier alpha value is -0.690. The predicted molar refractivity (Wildman–Crippen MR) is 106 cm³/mol. The first-order valence-electron chi connectivity index (χ1n) is 10.9. The lowest BCUT2D eigenvalue weighted by atomic mass is 9.74. The van der Waals surface area contributed by atoms with Gasteiger partial charge < -0.3 is 19.5 Å². The zero-order valence-electron chi connectivity index (χ0n) is 18.4. The highest BCUT2D eigenvalue weighted by atomic mass is 16.8. The molecule has 2 saturated heterocycles. The summed E-state index contributed by atoms with van der Waals surface area (Å²) in [7, 11) is 0. The largest absolute Gasteiger partial charge is 0.394 e. The van der Waals surface area contributed by atoms with E-state index in [9.17, 15) is 9.90 Å². The number of hydrogen-bond donors (Lipinski definition) is 2. The van der Waals surface area contributed by atoms with E-state index < -0.39 is 0 Å². The topological polar surface area (TPSA) is 74.3 Å².